The number of rotatable bonds is 5. The number of para-hydroxylation sites is 1. The van der Waals surface area contributed by atoms with E-state index in [2.05, 4.69) is 39.0 Å². The average molecular weight is 312 g/mol. The van der Waals surface area contributed by atoms with Gasteiger partial charge in [-0.25, -0.2) is 0 Å². The Balaban J connectivity index is 1.96. The van der Waals surface area contributed by atoms with E-state index in [1.54, 1.807) is 7.11 Å². The third kappa shape index (κ3) is 3.72. The molecule has 1 aromatic carbocycles. The third-order valence-corrected chi connectivity index (χ3v) is 4.16. The second-order valence-electron chi connectivity index (χ2n) is 5.03. The Kier molecular flexibility index (Phi) is 5.51. The summed E-state index contributed by atoms with van der Waals surface area (Å²) < 4.78 is 5.43. The minimum Gasteiger partial charge on any atom is -0.496 e. The quantitative estimate of drug-likeness (QED) is 0.769. The average Bonchev–Trinajstić information content (AvgIpc) is 2.40. The summed E-state index contributed by atoms with van der Waals surface area (Å²) in [6, 6.07) is 8.35. The van der Waals surface area contributed by atoms with Gasteiger partial charge in [-0.2, -0.15) is 0 Å². The molecule has 0 bridgehead atoms. The highest BCUT2D eigenvalue weighted by molar-refractivity contribution is 9.09. The molecule has 3 heteroatoms. The summed E-state index contributed by atoms with van der Waals surface area (Å²) >= 11 is 3.56. The first-order valence-electron chi connectivity index (χ1n) is 6.73. The van der Waals surface area contributed by atoms with Crippen molar-refractivity contribution in [2.24, 2.45) is 5.92 Å². The van der Waals surface area contributed by atoms with Crippen LogP contribution in [0.1, 0.15) is 24.8 Å². The molecule has 1 heterocycles. The van der Waals surface area contributed by atoms with Gasteiger partial charge in [-0.1, -0.05) is 34.1 Å². The molecule has 0 N–H and O–H groups in total. The van der Waals surface area contributed by atoms with Gasteiger partial charge in [0.2, 0.25) is 0 Å². The number of hydrogen-bond donors (Lipinski definition) is 0. The molecule has 0 amide bonds. The smallest absolute Gasteiger partial charge is 0.123 e. The summed E-state index contributed by atoms with van der Waals surface area (Å²) in [5.74, 6) is 1.87. The Morgan fingerprint density at radius 3 is 3.00 bits per heavy atom. The Hall–Kier alpha value is -0.540. The molecule has 1 fully saturated rings. The number of benzene rings is 1. The molecule has 0 spiro atoms. The zero-order chi connectivity index (χ0) is 12.8. The molecule has 1 aliphatic rings. The van der Waals surface area contributed by atoms with Gasteiger partial charge in [0, 0.05) is 24.0 Å². The van der Waals surface area contributed by atoms with Crippen molar-refractivity contribution in [2.45, 2.75) is 25.8 Å². The molecule has 0 aromatic heterocycles. The Morgan fingerprint density at radius 1 is 1.39 bits per heavy atom. The number of alkyl halides is 1. The summed E-state index contributed by atoms with van der Waals surface area (Å²) in [6.45, 7) is 3.46. The Bertz CT molecular complexity index is 367. The lowest BCUT2D eigenvalue weighted by Gasteiger charge is -2.32. The molecule has 0 radical (unpaired) electrons. The van der Waals surface area contributed by atoms with Crippen molar-refractivity contribution in [3.63, 3.8) is 0 Å². The van der Waals surface area contributed by atoms with E-state index in [1.165, 1.54) is 37.9 Å². The van der Waals surface area contributed by atoms with E-state index >= 15 is 0 Å². The lowest BCUT2D eigenvalue weighted by atomic mass is 9.95. The fourth-order valence-corrected chi connectivity index (χ4v) is 3.41. The van der Waals surface area contributed by atoms with Crippen molar-refractivity contribution in [3.8, 4) is 5.75 Å². The molecule has 1 atom stereocenters. The summed E-state index contributed by atoms with van der Waals surface area (Å²) in [7, 11) is 1.75. The van der Waals surface area contributed by atoms with E-state index in [0.29, 0.717) is 0 Å². The number of piperidine rings is 1. The Morgan fingerprint density at radius 2 is 2.22 bits per heavy atom. The predicted octanol–water partition coefficient (Wildman–Crippen LogP) is 3.69. The maximum absolute atomic E-state index is 5.43. The van der Waals surface area contributed by atoms with E-state index in [1.807, 2.05) is 6.07 Å². The minimum absolute atomic E-state index is 0.854. The standard InChI is InChI=1S/C15H22BrNO/c1-18-15-7-3-2-6-14(15)12-17-10-4-5-13(11-17)8-9-16/h2-3,6-7,13H,4-5,8-12H2,1H3. The van der Waals surface area contributed by atoms with Crippen LogP contribution in [0, 0.1) is 5.92 Å². The van der Waals surface area contributed by atoms with Crippen molar-refractivity contribution in [2.75, 3.05) is 25.5 Å². The van der Waals surface area contributed by atoms with Gasteiger partial charge in [0.05, 0.1) is 7.11 Å². The topological polar surface area (TPSA) is 12.5 Å². The van der Waals surface area contributed by atoms with Crippen LogP contribution in [0.2, 0.25) is 0 Å². The molecule has 0 saturated carbocycles. The van der Waals surface area contributed by atoms with Crippen LogP contribution in [-0.2, 0) is 6.54 Å². The van der Waals surface area contributed by atoms with Crippen molar-refractivity contribution in [1.82, 2.24) is 4.90 Å². The molecule has 18 heavy (non-hydrogen) atoms. The molecule has 2 nitrogen and oxygen atoms in total. The fraction of sp³-hybridized carbons (Fsp3) is 0.600. The minimum atomic E-state index is 0.854. The number of halogens is 1. The van der Waals surface area contributed by atoms with Crippen molar-refractivity contribution >= 4 is 15.9 Å². The molecule has 100 valence electrons. The maximum Gasteiger partial charge on any atom is 0.123 e. The highest BCUT2D eigenvalue weighted by Gasteiger charge is 2.20. The molecule has 0 aliphatic carbocycles. The second kappa shape index (κ2) is 7.15. The second-order valence-corrected chi connectivity index (χ2v) is 5.83. The third-order valence-electron chi connectivity index (χ3n) is 3.71. The van der Waals surface area contributed by atoms with Crippen LogP contribution in [0.15, 0.2) is 24.3 Å². The number of likely N-dealkylation sites (tertiary alicyclic amines) is 1. The first-order valence-corrected chi connectivity index (χ1v) is 7.86. The fourth-order valence-electron chi connectivity index (χ4n) is 2.76. The van der Waals surface area contributed by atoms with E-state index in [9.17, 15) is 0 Å². The van der Waals surface area contributed by atoms with Crippen LogP contribution >= 0.6 is 15.9 Å². The van der Waals surface area contributed by atoms with Crippen LogP contribution in [0.3, 0.4) is 0 Å². The number of ether oxygens (including phenoxy) is 1. The van der Waals surface area contributed by atoms with E-state index < -0.39 is 0 Å². The first-order chi connectivity index (χ1) is 8.83. The molecular formula is C15H22BrNO. The van der Waals surface area contributed by atoms with Gasteiger partial charge in [-0.05, 0) is 37.8 Å². The molecule has 1 unspecified atom stereocenters. The first kappa shape index (κ1) is 13.9. The van der Waals surface area contributed by atoms with Crippen molar-refractivity contribution in [1.29, 1.82) is 0 Å². The predicted molar refractivity (Wildman–Crippen MR) is 79.4 cm³/mol. The molecule has 2 rings (SSSR count). The van der Waals surface area contributed by atoms with E-state index in [0.717, 1.165) is 23.5 Å². The van der Waals surface area contributed by atoms with Gasteiger partial charge < -0.3 is 4.74 Å². The summed E-state index contributed by atoms with van der Waals surface area (Å²) in [5.41, 5.74) is 1.31. The molecule has 1 saturated heterocycles. The lowest BCUT2D eigenvalue weighted by Crippen LogP contribution is -2.35. The monoisotopic (exact) mass is 311 g/mol. The number of nitrogens with zero attached hydrogens (tertiary/aromatic N) is 1. The summed E-state index contributed by atoms with van der Waals surface area (Å²) in [4.78, 5) is 2.56. The van der Waals surface area contributed by atoms with Crippen LogP contribution < -0.4 is 4.74 Å². The Labute approximate surface area is 118 Å². The highest BCUT2D eigenvalue weighted by Crippen LogP contribution is 2.24. The molecule has 1 aliphatic heterocycles. The van der Waals surface area contributed by atoms with Gasteiger partial charge >= 0.3 is 0 Å². The van der Waals surface area contributed by atoms with Crippen LogP contribution in [0.25, 0.3) is 0 Å². The van der Waals surface area contributed by atoms with Gasteiger partial charge in [0.15, 0.2) is 0 Å². The largest absolute Gasteiger partial charge is 0.496 e. The van der Waals surface area contributed by atoms with Gasteiger partial charge in [0.25, 0.3) is 0 Å². The van der Waals surface area contributed by atoms with Gasteiger partial charge in [0.1, 0.15) is 5.75 Å². The van der Waals surface area contributed by atoms with Crippen molar-refractivity contribution in [3.05, 3.63) is 29.8 Å². The van der Waals surface area contributed by atoms with Gasteiger partial charge in [-0.15, -0.1) is 0 Å². The maximum atomic E-state index is 5.43. The number of methoxy groups -OCH3 is 1. The van der Waals surface area contributed by atoms with E-state index in [-0.39, 0.29) is 0 Å². The van der Waals surface area contributed by atoms with E-state index in [4.69, 9.17) is 4.74 Å². The lowest BCUT2D eigenvalue weighted by molar-refractivity contribution is 0.164. The zero-order valence-corrected chi connectivity index (χ0v) is 12.7. The summed E-state index contributed by atoms with van der Waals surface area (Å²) in [6.07, 6.45) is 4.00. The zero-order valence-electron chi connectivity index (χ0n) is 11.1. The van der Waals surface area contributed by atoms with Crippen LogP contribution in [0.5, 0.6) is 5.75 Å². The molecule has 1 aromatic rings. The summed E-state index contributed by atoms with van der Waals surface area (Å²) in [5, 5.41) is 1.13. The van der Waals surface area contributed by atoms with Crippen molar-refractivity contribution < 1.29 is 4.74 Å². The van der Waals surface area contributed by atoms with Crippen LogP contribution in [0.4, 0.5) is 0 Å². The normalized spacial score (nSPS) is 20.9. The molecular weight excluding hydrogens is 290 g/mol. The van der Waals surface area contributed by atoms with Crippen LogP contribution in [-0.4, -0.2) is 30.4 Å². The SMILES string of the molecule is COc1ccccc1CN1CCCC(CCBr)C1. The number of hydrogen-bond acceptors (Lipinski definition) is 2. The highest BCUT2D eigenvalue weighted by atomic mass is 79.9. The van der Waals surface area contributed by atoms with Gasteiger partial charge in [-0.3, -0.25) is 4.90 Å².